The van der Waals surface area contributed by atoms with Gasteiger partial charge in [0, 0.05) is 0 Å². The molecule has 1 heterocycles. The molecular formula is C13H8Se3. The van der Waals surface area contributed by atoms with E-state index >= 15 is 0 Å². The van der Waals surface area contributed by atoms with Gasteiger partial charge in [-0.05, 0) is 0 Å². The molecule has 0 amide bonds. The summed E-state index contributed by atoms with van der Waals surface area (Å²) in [6.45, 7) is 0. The van der Waals surface area contributed by atoms with Gasteiger partial charge in [-0.1, -0.05) is 0 Å². The molecule has 3 heteroatoms. The van der Waals surface area contributed by atoms with E-state index in [9.17, 15) is 0 Å². The zero-order chi connectivity index (χ0) is 11.1. The van der Waals surface area contributed by atoms with Crippen molar-refractivity contribution in [2.24, 2.45) is 5.92 Å². The molecule has 0 aromatic heterocycles. The van der Waals surface area contributed by atoms with Gasteiger partial charge in [0.25, 0.3) is 0 Å². The first-order valence-corrected chi connectivity index (χ1v) is 8.54. The molecule has 3 rings (SSSR count). The fourth-order valence-electron chi connectivity index (χ4n) is 2.03. The average Bonchev–Trinajstić information content (AvgIpc) is 2.28. The summed E-state index contributed by atoms with van der Waals surface area (Å²) in [7, 11) is 0. The predicted octanol–water partition coefficient (Wildman–Crippen LogP) is 0.836. The molecule has 2 aliphatic carbocycles. The Bertz CT molecular complexity index is 542. The van der Waals surface area contributed by atoms with Gasteiger partial charge in [0.2, 0.25) is 0 Å². The monoisotopic (exact) mass is 404 g/mol. The van der Waals surface area contributed by atoms with Gasteiger partial charge in [0.15, 0.2) is 0 Å². The quantitative estimate of drug-likeness (QED) is 0.528. The number of hydrogen-bond donors (Lipinski definition) is 0. The molecule has 3 aliphatic rings. The SMILES string of the molecule is [Se]=C1C=CC2=C[Se]C3=CC=CC(=[Se])C3C2=C1. The fourth-order valence-corrected chi connectivity index (χ4v) is 5.66. The van der Waals surface area contributed by atoms with Crippen LogP contribution in [0.25, 0.3) is 0 Å². The molecule has 16 heavy (non-hydrogen) atoms. The molecule has 0 N–H and O–H groups in total. The molecule has 0 aromatic carbocycles. The molecule has 0 fully saturated rings. The van der Waals surface area contributed by atoms with Crippen molar-refractivity contribution in [3.63, 3.8) is 0 Å². The third-order valence-electron chi connectivity index (χ3n) is 2.78. The van der Waals surface area contributed by atoms with Crippen molar-refractivity contribution in [3.05, 3.63) is 57.0 Å². The second-order valence-electron chi connectivity index (χ2n) is 3.79. The van der Waals surface area contributed by atoms with E-state index in [1.165, 1.54) is 20.0 Å². The molecule has 0 saturated carbocycles. The van der Waals surface area contributed by atoms with Crippen molar-refractivity contribution in [1.29, 1.82) is 0 Å². The Balaban J connectivity index is 2.14. The molecule has 78 valence electrons. The number of fused-ring (bicyclic) bond motifs is 3. The molecular weight excluding hydrogens is 393 g/mol. The molecule has 1 unspecified atom stereocenters. The van der Waals surface area contributed by atoms with Gasteiger partial charge in [-0.25, -0.2) is 0 Å². The molecule has 0 spiro atoms. The minimum absolute atomic E-state index is 0.485. The first-order chi connectivity index (χ1) is 7.75. The molecule has 1 aliphatic heterocycles. The van der Waals surface area contributed by atoms with E-state index in [1.54, 1.807) is 4.47 Å². The van der Waals surface area contributed by atoms with E-state index in [0.29, 0.717) is 20.9 Å². The first kappa shape index (κ1) is 11.1. The van der Waals surface area contributed by atoms with Crippen molar-refractivity contribution < 1.29 is 0 Å². The van der Waals surface area contributed by atoms with Crippen LogP contribution in [-0.4, -0.2) is 54.9 Å². The van der Waals surface area contributed by atoms with Crippen LogP contribution in [0.1, 0.15) is 0 Å². The normalized spacial score (nSPS) is 26.8. The molecule has 0 aromatic rings. The van der Waals surface area contributed by atoms with Crippen molar-refractivity contribution in [3.8, 4) is 0 Å². The van der Waals surface area contributed by atoms with E-state index in [2.05, 4.69) is 72.6 Å². The number of hydrogen-bond acceptors (Lipinski definition) is 0. The van der Waals surface area contributed by atoms with Crippen LogP contribution in [0.2, 0.25) is 0 Å². The van der Waals surface area contributed by atoms with E-state index in [-0.39, 0.29) is 0 Å². The van der Waals surface area contributed by atoms with E-state index in [0.717, 1.165) is 0 Å². The van der Waals surface area contributed by atoms with Gasteiger partial charge in [0.1, 0.15) is 0 Å². The topological polar surface area (TPSA) is 0 Å². The van der Waals surface area contributed by atoms with Crippen molar-refractivity contribution in [1.82, 2.24) is 0 Å². The molecule has 0 saturated heterocycles. The Hall–Kier alpha value is -0.00156. The Labute approximate surface area is 117 Å². The van der Waals surface area contributed by atoms with Crippen LogP contribution in [0, 0.1) is 5.92 Å². The minimum atomic E-state index is 0.485. The summed E-state index contributed by atoms with van der Waals surface area (Å²) >= 11 is 6.81. The van der Waals surface area contributed by atoms with Gasteiger partial charge in [-0.15, -0.1) is 0 Å². The Morgan fingerprint density at radius 2 is 2.00 bits per heavy atom. The maximum absolute atomic E-state index is 3.21. The van der Waals surface area contributed by atoms with Crippen LogP contribution < -0.4 is 0 Å². The van der Waals surface area contributed by atoms with Crippen molar-refractivity contribution in [2.75, 3.05) is 0 Å². The second kappa shape index (κ2) is 4.35. The molecule has 0 radical (unpaired) electrons. The average molecular weight is 401 g/mol. The third-order valence-corrected chi connectivity index (χ3v) is 6.23. The Morgan fingerprint density at radius 3 is 2.88 bits per heavy atom. The van der Waals surface area contributed by atoms with Crippen LogP contribution in [0.3, 0.4) is 0 Å². The zero-order valence-electron chi connectivity index (χ0n) is 8.34. The van der Waals surface area contributed by atoms with E-state index in [1.807, 2.05) is 0 Å². The van der Waals surface area contributed by atoms with Crippen molar-refractivity contribution in [2.45, 2.75) is 0 Å². The standard InChI is InChI=1S/C13H8Se3/c14-9-5-4-8-7-16-12-3-1-2-11(15)13(12)10(8)6-9/h1-7,13H. The Morgan fingerprint density at radius 1 is 1.12 bits per heavy atom. The van der Waals surface area contributed by atoms with Crippen LogP contribution in [-0.2, 0) is 0 Å². The van der Waals surface area contributed by atoms with Crippen LogP contribution in [0.5, 0.6) is 0 Å². The van der Waals surface area contributed by atoms with E-state index < -0.39 is 0 Å². The van der Waals surface area contributed by atoms with E-state index in [4.69, 9.17) is 0 Å². The zero-order valence-corrected chi connectivity index (χ0v) is 13.5. The number of rotatable bonds is 0. The third kappa shape index (κ3) is 1.83. The summed E-state index contributed by atoms with van der Waals surface area (Å²) in [6.07, 6.45) is 13.3. The van der Waals surface area contributed by atoms with Gasteiger partial charge >= 0.3 is 118 Å². The molecule has 0 bridgehead atoms. The summed E-state index contributed by atoms with van der Waals surface area (Å²) in [5, 5.41) is 0. The summed E-state index contributed by atoms with van der Waals surface area (Å²) in [5.74, 6) is 0.485. The number of allylic oxidation sites excluding steroid dienone is 9. The summed E-state index contributed by atoms with van der Waals surface area (Å²) in [6, 6.07) is 0. The summed E-state index contributed by atoms with van der Waals surface area (Å²) in [4.78, 5) is 2.39. The maximum atomic E-state index is 3.21. The van der Waals surface area contributed by atoms with Crippen LogP contribution in [0.15, 0.2) is 57.0 Å². The summed E-state index contributed by atoms with van der Waals surface area (Å²) < 4.78 is 4.13. The van der Waals surface area contributed by atoms with Crippen LogP contribution >= 0.6 is 0 Å². The summed E-state index contributed by atoms with van der Waals surface area (Å²) in [5.41, 5.74) is 2.85. The van der Waals surface area contributed by atoms with Gasteiger partial charge in [0.05, 0.1) is 0 Å². The molecule has 1 atom stereocenters. The molecule has 0 nitrogen and oxygen atoms in total. The fraction of sp³-hybridized carbons (Fsp3) is 0.0769. The van der Waals surface area contributed by atoms with Gasteiger partial charge < -0.3 is 0 Å². The predicted molar refractivity (Wildman–Crippen MR) is 73.3 cm³/mol. The Kier molecular flexibility index (Phi) is 3.02. The second-order valence-corrected chi connectivity index (χ2v) is 7.75. The van der Waals surface area contributed by atoms with Gasteiger partial charge in [-0.2, -0.15) is 0 Å². The van der Waals surface area contributed by atoms with Crippen LogP contribution in [0.4, 0.5) is 0 Å². The van der Waals surface area contributed by atoms with Crippen molar-refractivity contribution >= 4 is 54.9 Å². The van der Waals surface area contributed by atoms with Gasteiger partial charge in [-0.3, -0.25) is 0 Å². The first-order valence-electron chi connectivity index (χ1n) is 4.98.